The van der Waals surface area contributed by atoms with Gasteiger partial charge in [0.2, 0.25) is 5.91 Å². The fourth-order valence-corrected chi connectivity index (χ4v) is 2.97. The number of ether oxygens (including phenoxy) is 1. The summed E-state index contributed by atoms with van der Waals surface area (Å²) in [5, 5.41) is 0. The molecule has 1 spiro atoms. The van der Waals surface area contributed by atoms with Crippen molar-refractivity contribution in [2.24, 2.45) is 5.41 Å². The van der Waals surface area contributed by atoms with Gasteiger partial charge in [-0.25, -0.2) is 4.98 Å². The summed E-state index contributed by atoms with van der Waals surface area (Å²) in [4.78, 5) is 18.4. The van der Waals surface area contributed by atoms with E-state index >= 15 is 0 Å². The van der Waals surface area contributed by atoms with Gasteiger partial charge in [0.05, 0.1) is 13.2 Å². The molecule has 0 atom stereocenters. The number of hydrogen-bond donors (Lipinski definition) is 0. The topological polar surface area (TPSA) is 42.4 Å². The van der Waals surface area contributed by atoms with E-state index in [1.54, 1.807) is 11.1 Å². The molecule has 4 heteroatoms. The number of nitrogens with zero attached hydrogens (tertiary/aromatic N) is 2. The number of rotatable bonds is 1. The average molecular weight is 304 g/mol. The van der Waals surface area contributed by atoms with Gasteiger partial charge in [0.25, 0.3) is 0 Å². The molecule has 0 N–H and O–H groups in total. The average Bonchev–Trinajstić information content (AvgIpc) is 2.93. The molecule has 3 heterocycles. The quantitative estimate of drug-likeness (QED) is 0.759. The van der Waals surface area contributed by atoms with Gasteiger partial charge >= 0.3 is 0 Å². The molecule has 4 rings (SSSR count). The minimum Gasteiger partial charge on any atom is -0.380 e. The lowest BCUT2D eigenvalue weighted by atomic mass is 9.85. The van der Waals surface area contributed by atoms with Gasteiger partial charge in [-0.05, 0) is 24.3 Å². The van der Waals surface area contributed by atoms with E-state index in [-0.39, 0.29) is 11.3 Å². The van der Waals surface area contributed by atoms with Gasteiger partial charge in [0.15, 0.2) is 0 Å². The summed E-state index contributed by atoms with van der Waals surface area (Å²) >= 11 is 0. The van der Waals surface area contributed by atoms with E-state index in [2.05, 4.69) is 16.8 Å². The highest BCUT2D eigenvalue weighted by molar-refractivity contribution is 5.95. The minimum absolute atomic E-state index is 0.0184. The second-order valence-electron chi connectivity index (χ2n) is 6.17. The Morgan fingerprint density at radius 3 is 2.43 bits per heavy atom. The Balaban J connectivity index is 1.50. The number of carbonyl (C=O) groups is 1. The maximum atomic E-state index is 12.2. The van der Waals surface area contributed by atoms with Crippen LogP contribution in [0.15, 0.2) is 48.7 Å². The normalized spacial score (nSPS) is 18.4. The van der Waals surface area contributed by atoms with Crippen molar-refractivity contribution < 1.29 is 9.53 Å². The van der Waals surface area contributed by atoms with Crippen molar-refractivity contribution in [2.75, 3.05) is 24.7 Å². The number of amides is 1. The van der Waals surface area contributed by atoms with Crippen LogP contribution in [0.2, 0.25) is 0 Å². The standard InChI is InChI=1S/C19H16N2O2/c22-18-10-19(13-23-14-19)12-21(18)17-9-8-16(11-20-17)7-6-15-4-2-1-3-5-15/h1-5,8-9,11H,10,12-14H2. The lowest BCUT2D eigenvalue weighted by Gasteiger charge is -2.36. The molecule has 2 aliphatic heterocycles. The number of aromatic nitrogens is 1. The molecule has 2 aliphatic rings. The van der Waals surface area contributed by atoms with E-state index in [1.807, 2.05) is 42.5 Å². The van der Waals surface area contributed by atoms with Crippen LogP contribution in [-0.4, -0.2) is 30.6 Å². The number of carbonyl (C=O) groups excluding carboxylic acids is 1. The Morgan fingerprint density at radius 2 is 1.83 bits per heavy atom. The summed E-state index contributed by atoms with van der Waals surface area (Å²) in [6.07, 6.45) is 2.28. The maximum Gasteiger partial charge on any atom is 0.228 e. The zero-order valence-corrected chi connectivity index (χ0v) is 12.7. The summed E-state index contributed by atoms with van der Waals surface area (Å²) in [5.74, 6) is 7.02. The molecule has 2 saturated heterocycles. The van der Waals surface area contributed by atoms with Crippen LogP contribution in [0.1, 0.15) is 17.5 Å². The largest absolute Gasteiger partial charge is 0.380 e. The predicted octanol–water partition coefficient (Wildman–Crippen LogP) is 2.23. The monoisotopic (exact) mass is 304 g/mol. The minimum atomic E-state index is 0.0184. The van der Waals surface area contributed by atoms with Gasteiger partial charge in [-0.1, -0.05) is 30.0 Å². The van der Waals surface area contributed by atoms with Crippen molar-refractivity contribution in [2.45, 2.75) is 6.42 Å². The smallest absolute Gasteiger partial charge is 0.228 e. The third-order valence-corrected chi connectivity index (χ3v) is 4.29. The Labute approximate surface area is 135 Å². The van der Waals surface area contributed by atoms with Gasteiger partial charge < -0.3 is 4.74 Å². The van der Waals surface area contributed by atoms with Crippen LogP contribution < -0.4 is 4.90 Å². The molecule has 1 aromatic heterocycles. The molecule has 0 saturated carbocycles. The number of pyridine rings is 1. The zero-order valence-electron chi connectivity index (χ0n) is 12.7. The van der Waals surface area contributed by atoms with Crippen LogP contribution in [0.3, 0.4) is 0 Å². The summed E-state index contributed by atoms with van der Waals surface area (Å²) < 4.78 is 5.27. The fourth-order valence-electron chi connectivity index (χ4n) is 2.97. The van der Waals surface area contributed by atoms with E-state index in [9.17, 15) is 4.79 Å². The molecule has 1 aromatic carbocycles. The van der Waals surface area contributed by atoms with Crippen LogP contribution in [0.25, 0.3) is 0 Å². The van der Waals surface area contributed by atoms with Crippen molar-refractivity contribution in [3.8, 4) is 11.8 Å². The van der Waals surface area contributed by atoms with Crippen LogP contribution in [0.4, 0.5) is 5.82 Å². The molecule has 2 aromatic rings. The SMILES string of the molecule is O=C1CC2(COC2)CN1c1ccc(C#Cc2ccccc2)cn1. The molecule has 0 bridgehead atoms. The van der Waals surface area contributed by atoms with E-state index in [1.165, 1.54) is 0 Å². The van der Waals surface area contributed by atoms with Gasteiger partial charge in [0, 0.05) is 35.7 Å². The zero-order chi connectivity index (χ0) is 15.7. The molecule has 1 amide bonds. The highest BCUT2D eigenvalue weighted by Gasteiger charge is 2.49. The van der Waals surface area contributed by atoms with Crippen molar-refractivity contribution >= 4 is 11.7 Å². The van der Waals surface area contributed by atoms with Crippen LogP contribution in [0.5, 0.6) is 0 Å². The lowest BCUT2D eigenvalue weighted by molar-refractivity contribution is -0.126. The number of hydrogen-bond acceptors (Lipinski definition) is 3. The van der Waals surface area contributed by atoms with Crippen molar-refractivity contribution in [3.05, 3.63) is 59.8 Å². The lowest BCUT2D eigenvalue weighted by Crippen LogP contribution is -2.44. The molecular formula is C19H16N2O2. The van der Waals surface area contributed by atoms with Crippen molar-refractivity contribution in [1.29, 1.82) is 0 Å². The van der Waals surface area contributed by atoms with Gasteiger partial charge in [-0.2, -0.15) is 0 Å². The maximum absolute atomic E-state index is 12.2. The first-order valence-corrected chi connectivity index (χ1v) is 7.65. The fraction of sp³-hybridized carbons (Fsp3) is 0.263. The molecule has 23 heavy (non-hydrogen) atoms. The van der Waals surface area contributed by atoms with Gasteiger partial charge in [0.1, 0.15) is 5.82 Å². The first kappa shape index (κ1) is 14.0. The highest BCUT2D eigenvalue weighted by Crippen LogP contribution is 2.39. The van der Waals surface area contributed by atoms with Crippen LogP contribution in [-0.2, 0) is 9.53 Å². The molecular weight excluding hydrogens is 288 g/mol. The molecule has 0 radical (unpaired) electrons. The number of benzene rings is 1. The Bertz CT molecular complexity index is 784. The molecule has 0 aliphatic carbocycles. The van der Waals surface area contributed by atoms with E-state index in [0.29, 0.717) is 32.0 Å². The Hall–Kier alpha value is -2.64. The Kier molecular flexibility index (Phi) is 3.36. The van der Waals surface area contributed by atoms with Crippen LogP contribution in [0, 0.1) is 17.3 Å². The molecule has 0 unspecified atom stereocenters. The summed E-state index contributed by atoms with van der Waals surface area (Å²) in [6.45, 7) is 2.06. The third kappa shape index (κ3) is 2.71. The van der Waals surface area contributed by atoms with Crippen molar-refractivity contribution in [1.82, 2.24) is 4.98 Å². The first-order valence-electron chi connectivity index (χ1n) is 7.65. The second-order valence-corrected chi connectivity index (χ2v) is 6.17. The molecule has 114 valence electrons. The first-order chi connectivity index (χ1) is 11.2. The van der Waals surface area contributed by atoms with E-state index in [4.69, 9.17) is 4.74 Å². The highest BCUT2D eigenvalue weighted by atomic mass is 16.5. The Morgan fingerprint density at radius 1 is 1.04 bits per heavy atom. The molecule has 4 nitrogen and oxygen atoms in total. The van der Waals surface area contributed by atoms with Crippen LogP contribution >= 0.6 is 0 Å². The summed E-state index contributed by atoms with van der Waals surface area (Å²) in [5.41, 5.74) is 1.83. The van der Waals surface area contributed by atoms with Gasteiger partial charge in [-0.15, -0.1) is 0 Å². The van der Waals surface area contributed by atoms with Gasteiger partial charge in [-0.3, -0.25) is 9.69 Å². The van der Waals surface area contributed by atoms with E-state index in [0.717, 1.165) is 11.1 Å². The number of anilines is 1. The summed E-state index contributed by atoms with van der Waals surface area (Å²) in [6, 6.07) is 13.6. The third-order valence-electron chi connectivity index (χ3n) is 4.29. The van der Waals surface area contributed by atoms with Crippen molar-refractivity contribution in [3.63, 3.8) is 0 Å². The summed E-state index contributed by atoms with van der Waals surface area (Å²) in [7, 11) is 0. The van der Waals surface area contributed by atoms with E-state index < -0.39 is 0 Å². The molecule has 2 fully saturated rings. The predicted molar refractivity (Wildman–Crippen MR) is 86.9 cm³/mol. The second kappa shape index (κ2) is 5.53.